The number of carbonyl (C=O) groups is 1. The lowest BCUT2D eigenvalue weighted by Crippen LogP contribution is -2.33. The summed E-state index contributed by atoms with van der Waals surface area (Å²) < 4.78 is 0. The molecule has 0 aliphatic carbocycles. The number of aromatic amines is 1. The molecule has 2 aromatic carbocycles. The van der Waals surface area contributed by atoms with Crippen LogP contribution in [0.5, 0.6) is 0 Å². The van der Waals surface area contributed by atoms with Gasteiger partial charge in [-0.15, -0.1) is 11.8 Å². The van der Waals surface area contributed by atoms with Gasteiger partial charge in [0, 0.05) is 5.75 Å². The number of amides is 1. The Morgan fingerprint density at radius 2 is 2.00 bits per heavy atom. The van der Waals surface area contributed by atoms with Gasteiger partial charge in [0.1, 0.15) is 5.82 Å². The molecule has 1 amide bonds. The Morgan fingerprint density at radius 3 is 2.73 bits per heavy atom. The zero-order valence-corrected chi connectivity index (χ0v) is 16.3. The van der Waals surface area contributed by atoms with Crippen molar-refractivity contribution in [1.29, 1.82) is 0 Å². The molecule has 0 saturated heterocycles. The van der Waals surface area contributed by atoms with Gasteiger partial charge in [0.15, 0.2) is 0 Å². The molecule has 4 nitrogen and oxygen atoms in total. The molecule has 3 aromatic rings. The minimum absolute atomic E-state index is 0.0433. The van der Waals surface area contributed by atoms with E-state index >= 15 is 0 Å². The van der Waals surface area contributed by atoms with E-state index in [1.165, 1.54) is 11.1 Å². The Bertz CT molecular complexity index is 855. The molecule has 136 valence electrons. The molecule has 1 unspecified atom stereocenters. The van der Waals surface area contributed by atoms with Crippen LogP contribution in [0.2, 0.25) is 0 Å². The molecule has 3 rings (SSSR count). The molecule has 0 fully saturated rings. The van der Waals surface area contributed by atoms with Gasteiger partial charge in [-0.2, -0.15) is 0 Å². The molecule has 0 saturated carbocycles. The second-order valence-corrected chi connectivity index (χ2v) is 7.90. The third kappa shape index (κ3) is 4.67. The first kappa shape index (κ1) is 18.5. The van der Waals surface area contributed by atoms with Crippen LogP contribution in [-0.2, 0) is 10.5 Å². The van der Waals surface area contributed by atoms with Crippen LogP contribution in [0.3, 0.4) is 0 Å². The van der Waals surface area contributed by atoms with E-state index in [-0.39, 0.29) is 17.9 Å². The number of aromatic nitrogens is 2. The standard InChI is InChI=1S/C21H25N3OS/c1-14(2)20(21-22-17-9-4-5-10-18(17)23-21)24-19(25)13-26-12-16-8-6-7-15(3)11-16/h4-11,14,20H,12-13H2,1-3H3,(H,22,23)(H,24,25). The summed E-state index contributed by atoms with van der Waals surface area (Å²) in [5, 5.41) is 3.14. The van der Waals surface area contributed by atoms with E-state index in [4.69, 9.17) is 0 Å². The highest BCUT2D eigenvalue weighted by atomic mass is 32.2. The summed E-state index contributed by atoms with van der Waals surface area (Å²) in [5.74, 6) is 2.39. The van der Waals surface area contributed by atoms with Gasteiger partial charge in [0.05, 0.1) is 22.8 Å². The lowest BCUT2D eigenvalue weighted by molar-refractivity contribution is -0.119. The van der Waals surface area contributed by atoms with Crippen molar-refractivity contribution in [3.63, 3.8) is 0 Å². The Morgan fingerprint density at radius 1 is 1.19 bits per heavy atom. The number of rotatable bonds is 7. The molecule has 5 heteroatoms. The summed E-state index contributed by atoms with van der Waals surface area (Å²) in [7, 11) is 0. The smallest absolute Gasteiger partial charge is 0.230 e. The number of imidazole rings is 1. The normalized spacial score (nSPS) is 12.5. The molecule has 0 radical (unpaired) electrons. The Kier molecular flexibility index (Phi) is 5.99. The summed E-state index contributed by atoms with van der Waals surface area (Å²) in [6, 6.07) is 16.2. The van der Waals surface area contributed by atoms with Crippen LogP contribution in [-0.4, -0.2) is 21.6 Å². The predicted molar refractivity (Wildman–Crippen MR) is 109 cm³/mol. The maximum Gasteiger partial charge on any atom is 0.230 e. The zero-order valence-electron chi connectivity index (χ0n) is 15.5. The van der Waals surface area contributed by atoms with Gasteiger partial charge in [0.2, 0.25) is 5.91 Å². The van der Waals surface area contributed by atoms with E-state index in [0.717, 1.165) is 22.6 Å². The van der Waals surface area contributed by atoms with Crippen LogP contribution in [0.4, 0.5) is 0 Å². The molecule has 2 N–H and O–H groups in total. The van der Waals surface area contributed by atoms with Crippen molar-refractivity contribution in [2.75, 3.05) is 5.75 Å². The van der Waals surface area contributed by atoms with E-state index in [0.29, 0.717) is 5.75 Å². The third-order valence-corrected chi connectivity index (χ3v) is 5.27. The number of benzene rings is 2. The number of aryl methyl sites for hydroxylation is 1. The number of fused-ring (bicyclic) bond motifs is 1. The first-order valence-corrected chi connectivity index (χ1v) is 10.1. The molecule has 26 heavy (non-hydrogen) atoms. The molecule has 0 aliphatic rings. The Labute approximate surface area is 158 Å². The lowest BCUT2D eigenvalue weighted by Gasteiger charge is -2.20. The van der Waals surface area contributed by atoms with Gasteiger partial charge < -0.3 is 10.3 Å². The largest absolute Gasteiger partial charge is 0.345 e. The van der Waals surface area contributed by atoms with Crippen LogP contribution in [0, 0.1) is 12.8 Å². The Hall–Kier alpha value is -2.27. The van der Waals surface area contributed by atoms with Gasteiger partial charge >= 0.3 is 0 Å². The predicted octanol–water partition coefficient (Wildman–Crippen LogP) is 4.62. The van der Waals surface area contributed by atoms with Crippen LogP contribution in [0.25, 0.3) is 11.0 Å². The summed E-state index contributed by atoms with van der Waals surface area (Å²) in [4.78, 5) is 20.4. The summed E-state index contributed by atoms with van der Waals surface area (Å²) >= 11 is 1.63. The van der Waals surface area contributed by atoms with Gasteiger partial charge in [0.25, 0.3) is 0 Å². The fraction of sp³-hybridized carbons (Fsp3) is 0.333. The quantitative estimate of drug-likeness (QED) is 0.641. The number of nitrogens with one attached hydrogen (secondary N) is 2. The number of thioether (sulfide) groups is 1. The van der Waals surface area contributed by atoms with Crippen LogP contribution in [0.1, 0.15) is 36.8 Å². The van der Waals surface area contributed by atoms with Crippen molar-refractivity contribution < 1.29 is 4.79 Å². The number of hydrogen-bond donors (Lipinski definition) is 2. The van der Waals surface area contributed by atoms with Crippen molar-refractivity contribution in [2.45, 2.75) is 32.6 Å². The average Bonchev–Trinajstić information content (AvgIpc) is 3.03. The van der Waals surface area contributed by atoms with Crippen molar-refractivity contribution in [2.24, 2.45) is 5.92 Å². The lowest BCUT2D eigenvalue weighted by atomic mass is 10.0. The third-order valence-electron chi connectivity index (χ3n) is 4.27. The fourth-order valence-electron chi connectivity index (χ4n) is 2.95. The van der Waals surface area contributed by atoms with Crippen LogP contribution >= 0.6 is 11.8 Å². The molecular formula is C21H25N3OS. The van der Waals surface area contributed by atoms with Gasteiger partial charge in [-0.05, 0) is 30.5 Å². The first-order chi connectivity index (χ1) is 12.5. The first-order valence-electron chi connectivity index (χ1n) is 8.90. The number of H-pyrrole nitrogens is 1. The SMILES string of the molecule is Cc1cccc(CSCC(=O)NC(c2nc3ccccc3[nH]2)C(C)C)c1. The van der Waals surface area contributed by atoms with Crippen molar-refractivity contribution in [1.82, 2.24) is 15.3 Å². The zero-order chi connectivity index (χ0) is 18.5. The molecule has 0 bridgehead atoms. The van der Waals surface area contributed by atoms with Gasteiger partial charge in [-0.3, -0.25) is 4.79 Å². The molecule has 1 heterocycles. The molecule has 1 aromatic heterocycles. The fourth-order valence-corrected chi connectivity index (χ4v) is 3.74. The second-order valence-electron chi connectivity index (χ2n) is 6.91. The van der Waals surface area contributed by atoms with Gasteiger partial charge in [-0.1, -0.05) is 55.8 Å². The average molecular weight is 368 g/mol. The van der Waals surface area contributed by atoms with Crippen molar-refractivity contribution in [3.05, 3.63) is 65.5 Å². The highest BCUT2D eigenvalue weighted by Gasteiger charge is 2.21. The number of hydrogen-bond acceptors (Lipinski definition) is 3. The molecular weight excluding hydrogens is 342 g/mol. The van der Waals surface area contributed by atoms with E-state index < -0.39 is 0 Å². The summed E-state index contributed by atoms with van der Waals surface area (Å²) in [5.41, 5.74) is 4.42. The Balaban J connectivity index is 1.59. The van der Waals surface area contributed by atoms with E-state index in [1.54, 1.807) is 11.8 Å². The van der Waals surface area contributed by atoms with E-state index in [1.807, 2.05) is 24.3 Å². The topological polar surface area (TPSA) is 57.8 Å². The monoisotopic (exact) mass is 367 g/mol. The number of para-hydroxylation sites is 2. The minimum Gasteiger partial charge on any atom is -0.345 e. The van der Waals surface area contributed by atoms with E-state index in [9.17, 15) is 4.79 Å². The number of nitrogens with zero attached hydrogens (tertiary/aromatic N) is 1. The maximum atomic E-state index is 12.4. The maximum absolute atomic E-state index is 12.4. The minimum atomic E-state index is -0.116. The van der Waals surface area contributed by atoms with Crippen molar-refractivity contribution >= 4 is 28.7 Å². The molecule has 0 spiro atoms. The van der Waals surface area contributed by atoms with Gasteiger partial charge in [-0.25, -0.2) is 4.98 Å². The van der Waals surface area contributed by atoms with Crippen LogP contribution < -0.4 is 5.32 Å². The van der Waals surface area contributed by atoms with E-state index in [2.05, 4.69) is 60.3 Å². The second kappa shape index (κ2) is 8.41. The summed E-state index contributed by atoms with van der Waals surface area (Å²) in [6.07, 6.45) is 0. The van der Waals surface area contributed by atoms with Crippen LogP contribution in [0.15, 0.2) is 48.5 Å². The number of carbonyl (C=O) groups excluding carboxylic acids is 1. The van der Waals surface area contributed by atoms with Crippen molar-refractivity contribution in [3.8, 4) is 0 Å². The summed E-state index contributed by atoms with van der Waals surface area (Å²) in [6.45, 7) is 6.28. The highest BCUT2D eigenvalue weighted by Crippen LogP contribution is 2.22. The molecule has 0 aliphatic heterocycles. The highest BCUT2D eigenvalue weighted by molar-refractivity contribution is 7.99. The molecule has 1 atom stereocenters.